The number of carbonyl (C=O) groups excluding carboxylic acids is 3. The van der Waals surface area contributed by atoms with E-state index in [4.69, 9.17) is 18.9 Å². The molecule has 17 nitrogen and oxygen atoms in total. The van der Waals surface area contributed by atoms with Gasteiger partial charge in [0.2, 0.25) is 0 Å². The zero-order valence-electron chi connectivity index (χ0n) is 37.9. The van der Waals surface area contributed by atoms with Crippen molar-refractivity contribution >= 4 is 40.3 Å². The molecule has 1 saturated carbocycles. The number of piperazine rings is 1. The molecule has 7 N–H and O–H groups in total. The van der Waals surface area contributed by atoms with E-state index in [1.54, 1.807) is 33.8 Å². The number of nitrogens with one attached hydrogen (secondary N) is 1. The number of nitrogens with zero attached hydrogens (tertiary/aromatic N) is 3. The number of aromatic hydroxyl groups is 3. The maximum Gasteiger partial charge on any atom is 0.312 e. The third kappa shape index (κ3) is 9.45. The van der Waals surface area contributed by atoms with Gasteiger partial charge in [-0.3, -0.25) is 24.3 Å². The molecule has 4 aliphatic heterocycles. The van der Waals surface area contributed by atoms with Gasteiger partial charge >= 0.3 is 11.8 Å². The third-order valence-electron chi connectivity index (χ3n) is 13.6. The van der Waals surface area contributed by atoms with Crippen molar-refractivity contribution in [2.45, 2.75) is 110 Å². The van der Waals surface area contributed by atoms with Gasteiger partial charge in [0.1, 0.15) is 23.4 Å². The molecule has 2 aromatic carbocycles. The molecule has 5 aliphatic rings. The number of allylic oxidation sites excluding steroid dienone is 2. The number of hydrazone groups is 1. The fourth-order valence-corrected chi connectivity index (χ4v) is 9.55. The van der Waals surface area contributed by atoms with E-state index in [2.05, 4.69) is 15.3 Å². The summed E-state index contributed by atoms with van der Waals surface area (Å²) in [6, 6.07) is 0.533. The molecule has 64 heavy (non-hydrogen) atoms. The van der Waals surface area contributed by atoms with Gasteiger partial charge in [0.15, 0.2) is 5.75 Å². The lowest BCUT2D eigenvalue weighted by atomic mass is 9.78. The number of rotatable bonds is 6. The molecular formula is C47H64N4O13. The molecule has 5 bridgehead atoms. The first kappa shape index (κ1) is 48.3. The summed E-state index contributed by atoms with van der Waals surface area (Å²) in [6.45, 7) is 12.8. The lowest BCUT2D eigenvalue weighted by molar-refractivity contribution is -0.160. The first-order valence-corrected chi connectivity index (χ1v) is 22.1. The highest BCUT2D eigenvalue weighted by atomic mass is 16.7. The summed E-state index contributed by atoms with van der Waals surface area (Å²) in [6.07, 6.45) is 9.04. The number of methoxy groups -OCH3 is 1. The number of amides is 1. The van der Waals surface area contributed by atoms with Gasteiger partial charge in [0.25, 0.3) is 11.7 Å². The van der Waals surface area contributed by atoms with Crippen LogP contribution in [0.3, 0.4) is 0 Å². The smallest absolute Gasteiger partial charge is 0.312 e. The lowest BCUT2D eigenvalue weighted by Gasteiger charge is -2.38. The third-order valence-corrected chi connectivity index (χ3v) is 13.6. The van der Waals surface area contributed by atoms with Crippen LogP contribution in [0.4, 0.5) is 5.69 Å². The topological polar surface area (TPSA) is 240 Å². The van der Waals surface area contributed by atoms with Crippen LogP contribution in [0.2, 0.25) is 0 Å². The van der Waals surface area contributed by atoms with Crippen LogP contribution in [0.15, 0.2) is 41.2 Å². The Bertz CT molecular complexity index is 2210. The number of carbonyl (C=O) groups is 3. The van der Waals surface area contributed by atoms with Crippen LogP contribution in [0.1, 0.15) is 88.7 Å². The van der Waals surface area contributed by atoms with Gasteiger partial charge in [-0.2, -0.15) is 5.10 Å². The number of phenols is 3. The first-order valence-electron chi connectivity index (χ1n) is 22.1. The van der Waals surface area contributed by atoms with Crippen LogP contribution in [-0.2, 0) is 23.8 Å². The maximum atomic E-state index is 14.5. The molecule has 1 amide bonds. The Balaban J connectivity index is 1.49. The maximum absolute atomic E-state index is 14.5. The fourth-order valence-electron chi connectivity index (χ4n) is 9.55. The number of ether oxygens (including phenoxy) is 4. The van der Waals surface area contributed by atoms with Crippen LogP contribution in [-0.4, -0.2) is 141 Å². The molecule has 0 unspecified atom stereocenters. The van der Waals surface area contributed by atoms with Crippen molar-refractivity contribution in [1.29, 1.82) is 0 Å². The predicted octanol–water partition coefficient (Wildman–Crippen LogP) is 4.62. The number of ketones is 1. The minimum absolute atomic E-state index is 0.0259. The lowest BCUT2D eigenvalue weighted by Crippen LogP contribution is -2.47. The van der Waals surface area contributed by atoms with Crippen molar-refractivity contribution in [2.75, 3.05) is 45.2 Å². The summed E-state index contributed by atoms with van der Waals surface area (Å²) in [4.78, 5) is 43.3. The van der Waals surface area contributed by atoms with Crippen molar-refractivity contribution in [3.05, 3.63) is 52.8 Å². The zero-order chi connectivity index (χ0) is 46.8. The number of hydrogen-bond acceptors (Lipinski definition) is 16. The van der Waals surface area contributed by atoms with Gasteiger partial charge in [-0.25, -0.2) is 0 Å². The Kier molecular flexibility index (Phi) is 15.0. The molecule has 1 aliphatic carbocycles. The Morgan fingerprint density at radius 1 is 0.953 bits per heavy atom. The quantitative estimate of drug-likeness (QED) is 0.0907. The summed E-state index contributed by atoms with van der Waals surface area (Å²) in [5.74, 6) is -8.97. The Labute approximate surface area is 373 Å². The van der Waals surface area contributed by atoms with Crippen LogP contribution < -0.4 is 10.1 Å². The fraction of sp³-hybridized carbons (Fsp3) is 0.574. The highest BCUT2D eigenvalue weighted by molar-refractivity contribution is 6.24. The molecule has 17 heteroatoms. The normalized spacial score (nSPS) is 32.0. The van der Waals surface area contributed by atoms with E-state index >= 15 is 0 Å². The highest BCUT2D eigenvalue weighted by Crippen LogP contribution is 2.55. The molecule has 7 rings (SSSR count). The van der Waals surface area contributed by atoms with Crippen molar-refractivity contribution in [1.82, 2.24) is 9.91 Å². The van der Waals surface area contributed by atoms with Crippen LogP contribution in [0, 0.1) is 30.6 Å². The van der Waals surface area contributed by atoms with Crippen LogP contribution in [0.5, 0.6) is 23.0 Å². The van der Waals surface area contributed by atoms with E-state index in [0.29, 0.717) is 19.1 Å². The van der Waals surface area contributed by atoms with E-state index in [1.807, 2.05) is 5.01 Å². The van der Waals surface area contributed by atoms with E-state index in [1.165, 1.54) is 71.4 Å². The van der Waals surface area contributed by atoms with E-state index in [9.17, 15) is 45.0 Å². The molecule has 0 spiro atoms. The molecule has 1 saturated heterocycles. The van der Waals surface area contributed by atoms with Crippen molar-refractivity contribution in [2.24, 2.45) is 28.8 Å². The van der Waals surface area contributed by atoms with Crippen molar-refractivity contribution in [3.8, 4) is 23.0 Å². The number of anilines is 1. The number of phenolic OH excluding ortho intramolecular Hbond substituents is 3. The highest BCUT2D eigenvalue weighted by Gasteiger charge is 2.50. The molecule has 0 radical (unpaired) electrons. The van der Waals surface area contributed by atoms with Gasteiger partial charge < -0.3 is 54.9 Å². The number of esters is 1. The molecule has 2 aromatic rings. The number of aliphatic hydroxyl groups excluding tert-OH is 3. The van der Waals surface area contributed by atoms with Crippen molar-refractivity contribution in [3.63, 3.8) is 0 Å². The summed E-state index contributed by atoms with van der Waals surface area (Å²) in [5, 5.41) is 77.7. The van der Waals surface area contributed by atoms with E-state index in [-0.39, 0.29) is 44.5 Å². The molecule has 4 heterocycles. The summed E-state index contributed by atoms with van der Waals surface area (Å²) in [5.41, 5.74) is -0.898. The van der Waals surface area contributed by atoms with Crippen molar-refractivity contribution < 1.29 is 64.0 Å². The molecular weight excluding hydrogens is 829 g/mol. The van der Waals surface area contributed by atoms with E-state index in [0.717, 1.165) is 25.9 Å². The number of benzene rings is 2. The van der Waals surface area contributed by atoms with Gasteiger partial charge in [0, 0.05) is 93.4 Å². The number of fused-ring (bicyclic) bond motifs is 14. The second kappa shape index (κ2) is 19.9. The largest absolute Gasteiger partial charge is 0.507 e. The zero-order valence-corrected chi connectivity index (χ0v) is 37.9. The minimum Gasteiger partial charge on any atom is -0.507 e. The van der Waals surface area contributed by atoms with Gasteiger partial charge in [-0.1, -0.05) is 58.8 Å². The number of Topliss-reactive ketones (excluding diaryl/α,β-unsaturated/α-hetero) is 1. The monoisotopic (exact) mass is 892 g/mol. The standard InChI is InChI=1S/C47H64N4O13/c1-24-12-11-13-30(23-52)46(60)49-37-32(22-48-51-19-17-50(18-20-51)31-14-9-10-15-31)41(57)34-35(42(37)58)40(56)28(5)44-36(34)45(59)47(7,64-44)62-21-16-33(61-8)25(2)43(63-29(6)53)27(4)39(55)26(3)38(24)54/h11-13,16,21-22,24-27,31,33,38-39,43,52,54-58H,9-10,14-15,17-20,23H2,1-8H3,(H,49,60)/b12-11+,21-16+,30-13-,48-22+/t24-,25+,26+,27+,33-,38-,39+,43+,47-/m0/s1. The van der Waals surface area contributed by atoms with Gasteiger partial charge in [0.05, 0.1) is 59.6 Å². The van der Waals surface area contributed by atoms with Crippen LogP contribution in [0.25, 0.3) is 10.8 Å². The Morgan fingerprint density at radius 3 is 2.25 bits per heavy atom. The second-order valence-corrected chi connectivity index (χ2v) is 17.8. The molecule has 9 atom stereocenters. The SMILES string of the molecule is CO[C@H]1/C=C/O[C@@]2(C)Oc3c(C)c(O)c4c(O)c(c(/C=N/N5CCN(C6CCCC6)CC5)c(O)c4c3C2=O)NC(=O)/C(CO)=C\C=C\[C@H](C)[C@H](O)[C@@H](C)[C@@H](O)[C@@H](C)[C@H](OC(C)=O)[C@@H]1C. The Hall–Kier alpha value is -5.20. The average molecular weight is 893 g/mol. The molecule has 2 fully saturated rings. The van der Waals surface area contributed by atoms with Crippen LogP contribution >= 0.6 is 0 Å². The first-order chi connectivity index (χ1) is 30.3. The Morgan fingerprint density at radius 2 is 1.62 bits per heavy atom. The second-order valence-electron chi connectivity index (χ2n) is 17.8. The summed E-state index contributed by atoms with van der Waals surface area (Å²) in [7, 11) is 1.43. The summed E-state index contributed by atoms with van der Waals surface area (Å²) < 4.78 is 23.7. The molecule has 0 aromatic heterocycles. The van der Waals surface area contributed by atoms with Gasteiger partial charge in [-0.15, -0.1) is 0 Å². The average Bonchev–Trinajstić information content (AvgIpc) is 3.91. The predicted molar refractivity (Wildman–Crippen MR) is 238 cm³/mol. The number of hydrogen-bond donors (Lipinski definition) is 7. The van der Waals surface area contributed by atoms with Gasteiger partial charge in [-0.05, 0) is 25.8 Å². The minimum atomic E-state index is -2.07. The molecule has 350 valence electrons. The number of aliphatic hydroxyl groups is 3. The summed E-state index contributed by atoms with van der Waals surface area (Å²) >= 11 is 0. The van der Waals surface area contributed by atoms with E-state index < -0.39 is 95.4 Å².